The maximum absolute atomic E-state index is 10.2. The Hall–Kier alpha value is -2.95. The van der Waals surface area contributed by atoms with E-state index in [0.717, 1.165) is 45.6 Å². The first-order valence-corrected chi connectivity index (χ1v) is 11.2. The highest BCUT2D eigenvalue weighted by Crippen LogP contribution is 2.38. The fraction of sp³-hybridized carbons (Fsp3) is 0.296. The molecule has 0 amide bonds. The van der Waals surface area contributed by atoms with Gasteiger partial charge in [0.05, 0.1) is 6.04 Å². The van der Waals surface area contributed by atoms with Crippen molar-refractivity contribution in [2.75, 3.05) is 32.7 Å². The number of fused-ring (bicyclic) bond motifs is 2. The van der Waals surface area contributed by atoms with Crippen molar-refractivity contribution in [1.29, 1.82) is 0 Å². The summed E-state index contributed by atoms with van der Waals surface area (Å²) in [5.74, 6) is 0.348. The summed E-state index contributed by atoms with van der Waals surface area (Å²) in [6.07, 6.45) is 8.30. The van der Waals surface area contributed by atoms with Crippen molar-refractivity contribution in [2.24, 2.45) is 0 Å². The molecule has 1 aliphatic carbocycles. The molecule has 4 heteroatoms. The minimum Gasteiger partial charge on any atom is -0.508 e. The molecule has 1 saturated heterocycles. The van der Waals surface area contributed by atoms with E-state index >= 15 is 0 Å². The van der Waals surface area contributed by atoms with Crippen molar-refractivity contribution in [2.45, 2.75) is 18.9 Å². The van der Waals surface area contributed by atoms with Crippen LogP contribution in [0.1, 0.15) is 34.0 Å². The van der Waals surface area contributed by atoms with E-state index in [4.69, 9.17) is 4.98 Å². The Balaban J connectivity index is 1.33. The molecule has 1 unspecified atom stereocenters. The molecule has 31 heavy (non-hydrogen) atoms. The molecule has 1 aliphatic heterocycles. The second-order valence-corrected chi connectivity index (χ2v) is 8.47. The van der Waals surface area contributed by atoms with E-state index in [-0.39, 0.29) is 6.04 Å². The fourth-order valence-corrected chi connectivity index (χ4v) is 4.89. The van der Waals surface area contributed by atoms with Gasteiger partial charge in [-0.3, -0.25) is 14.8 Å². The van der Waals surface area contributed by atoms with Crippen LogP contribution in [0.15, 0.2) is 72.9 Å². The number of hydrogen-bond donors (Lipinski definition) is 1. The minimum absolute atomic E-state index is 0.162. The van der Waals surface area contributed by atoms with Crippen molar-refractivity contribution in [3.8, 4) is 5.75 Å². The van der Waals surface area contributed by atoms with Gasteiger partial charge in [0.1, 0.15) is 5.75 Å². The summed E-state index contributed by atoms with van der Waals surface area (Å²) in [5, 5.41) is 10.2. The lowest BCUT2D eigenvalue weighted by Gasteiger charge is -2.40. The number of phenols is 1. The van der Waals surface area contributed by atoms with Crippen molar-refractivity contribution in [3.63, 3.8) is 0 Å². The average Bonchev–Trinajstić information content (AvgIpc) is 2.97. The summed E-state index contributed by atoms with van der Waals surface area (Å²) in [6.45, 7) is 5.07. The van der Waals surface area contributed by atoms with Gasteiger partial charge in [-0.25, -0.2) is 0 Å². The Bertz CT molecular complexity index is 1060. The predicted octanol–water partition coefficient (Wildman–Crippen LogP) is 4.31. The third-order valence-electron chi connectivity index (χ3n) is 6.52. The van der Waals surface area contributed by atoms with Crippen LogP contribution in [0.5, 0.6) is 5.75 Å². The van der Waals surface area contributed by atoms with Crippen molar-refractivity contribution in [1.82, 2.24) is 14.8 Å². The number of aromatic nitrogens is 1. The summed E-state index contributed by atoms with van der Waals surface area (Å²) in [4.78, 5) is 9.79. The summed E-state index contributed by atoms with van der Waals surface area (Å²) >= 11 is 0. The van der Waals surface area contributed by atoms with Gasteiger partial charge in [-0.05, 0) is 53.3 Å². The maximum atomic E-state index is 10.2. The summed E-state index contributed by atoms with van der Waals surface area (Å²) in [5.41, 5.74) is 6.30. The SMILES string of the molecule is Oc1ccc2c(c1)C(N1CCN(C/C=C/c3ccccc3)CC1)c1cccnc1CC2. The van der Waals surface area contributed by atoms with E-state index in [0.29, 0.717) is 5.75 Å². The Morgan fingerprint density at radius 2 is 1.74 bits per heavy atom. The second-order valence-electron chi connectivity index (χ2n) is 8.47. The number of hydrogen-bond acceptors (Lipinski definition) is 4. The van der Waals surface area contributed by atoms with Crippen LogP contribution in [0.3, 0.4) is 0 Å². The second kappa shape index (κ2) is 9.04. The Labute approximate surface area is 184 Å². The molecule has 2 heterocycles. The van der Waals surface area contributed by atoms with Crippen LogP contribution in [0, 0.1) is 0 Å². The average molecular weight is 412 g/mol. The number of piperazine rings is 1. The first-order valence-electron chi connectivity index (χ1n) is 11.2. The highest BCUT2D eigenvalue weighted by atomic mass is 16.3. The van der Waals surface area contributed by atoms with Gasteiger partial charge in [0, 0.05) is 44.6 Å². The molecule has 158 valence electrons. The lowest BCUT2D eigenvalue weighted by atomic mass is 9.93. The number of benzene rings is 2. The Kier molecular flexibility index (Phi) is 5.83. The summed E-state index contributed by atoms with van der Waals surface area (Å²) in [6, 6.07) is 20.8. The van der Waals surface area contributed by atoms with Crippen LogP contribution >= 0.6 is 0 Å². The van der Waals surface area contributed by atoms with Crippen LogP contribution in [-0.4, -0.2) is 52.6 Å². The van der Waals surface area contributed by atoms with Crippen molar-refractivity contribution < 1.29 is 5.11 Å². The summed E-state index contributed by atoms with van der Waals surface area (Å²) in [7, 11) is 0. The van der Waals surface area contributed by atoms with Gasteiger partial charge in [0.2, 0.25) is 0 Å². The van der Waals surface area contributed by atoms with Crippen LogP contribution in [0.2, 0.25) is 0 Å². The molecule has 1 N–H and O–H groups in total. The predicted molar refractivity (Wildman–Crippen MR) is 125 cm³/mol. The molecule has 0 saturated carbocycles. The van der Waals surface area contributed by atoms with E-state index < -0.39 is 0 Å². The zero-order valence-corrected chi connectivity index (χ0v) is 17.8. The molecule has 4 nitrogen and oxygen atoms in total. The molecule has 1 aromatic heterocycles. The van der Waals surface area contributed by atoms with E-state index in [1.807, 2.05) is 24.4 Å². The van der Waals surface area contributed by atoms with Gasteiger partial charge in [-0.2, -0.15) is 0 Å². The van der Waals surface area contributed by atoms with E-state index in [1.54, 1.807) is 0 Å². The maximum Gasteiger partial charge on any atom is 0.115 e. The lowest BCUT2D eigenvalue weighted by Crippen LogP contribution is -2.47. The Morgan fingerprint density at radius 3 is 2.58 bits per heavy atom. The molecule has 1 atom stereocenters. The van der Waals surface area contributed by atoms with E-state index in [2.05, 4.69) is 64.4 Å². The Morgan fingerprint density at radius 1 is 0.903 bits per heavy atom. The van der Waals surface area contributed by atoms with Crippen LogP contribution in [0.4, 0.5) is 0 Å². The molecule has 0 radical (unpaired) electrons. The van der Waals surface area contributed by atoms with Crippen LogP contribution in [-0.2, 0) is 12.8 Å². The normalized spacial score (nSPS) is 19.7. The van der Waals surface area contributed by atoms with E-state index in [9.17, 15) is 5.11 Å². The highest BCUT2D eigenvalue weighted by molar-refractivity contribution is 5.49. The topological polar surface area (TPSA) is 39.6 Å². The first-order chi connectivity index (χ1) is 15.3. The number of rotatable bonds is 4. The van der Waals surface area contributed by atoms with Crippen LogP contribution in [0.25, 0.3) is 6.08 Å². The quantitative estimate of drug-likeness (QED) is 0.695. The molecule has 1 fully saturated rings. The smallest absolute Gasteiger partial charge is 0.115 e. The van der Waals surface area contributed by atoms with Gasteiger partial charge >= 0.3 is 0 Å². The molecule has 0 spiro atoms. The highest BCUT2D eigenvalue weighted by Gasteiger charge is 2.31. The summed E-state index contributed by atoms with van der Waals surface area (Å²) < 4.78 is 0. The van der Waals surface area contributed by atoms with Crippen LogP contribution < -0.4 is 0 Å². The van der Waals surface area contributed by atoms with Gasteiger partial charge in [-0.1, -0.05) is 54.6 Å². The number of nitrogens with zero attached hydrogens (tertiary/aromatic N) is 3. The molecular formula is C27H29N3O. The largest absolute Gasteiger partial charge is 0.508 e. The molecule has 3 aromatic rings. The van der Waals surface area contributed by atoms with Gasteiger partial charge < -0.3 is 5.11 Å². The molecule has 2 aromatic carbocycles. The fourth-order valence-electron chi connectivity index (χ4n) is 4.89. The lowest BCUT2D eigenvalue weighted by molar-refractivity contribution is 0.117. The molecule has 5 rings (SSSR count). The van der Waals surface area contributed by atoms with Crippen molar-refractivity contribution >= 4 is 6.08 Å². The zero-order valence-electron chi connectivity index (χ0n) is 17.8. The minimum atomic E-state index is 0.162. The molecule has 2 aliphatic rings. The number of aryl methyl sites for hydroxylation is 2. The third kappa shape index (κ3) is 4.41. The number of phenolic OH excluding ortho intramolecular Hbond substituents is 1. The van der Waals surface area contributed by atoms with Gasteiger partial charge in [0.15, 0.2) is 0 Å². The number of pyridine rings is 1. The molecular weight excluding hydrogens is 382 g/mol. The zero-order chi connectivity index (χ0) is 21.0. The third-order valence-corrected chi connectivity index (χ3v) is 6.52. The molecule has 0 bridgehead atoms. The monoisotopic (exact) mass is 411 g/mol. The van der Waals surface area contributed by atoms with Gasteiger partial charge in [-0.15, -0.1) is 0 Å². The first kappa shape index (κ1) is 20.0. The number of aromatic hydroxyl groups is 1. The van der Waals surface area contributed by atoms with Gasteiger partial charge in [0.25, 0.3) is 0 Å². The van der Waals surface area contributed by atoms with E-state index in [1.165, 1.54) is 27.9 Å². The standard InChI is InChI=1S/C27H29N3O/c31-23-12-10-22-11-13-26-24(9-4-14-28-26)27(25(22)20-23)30-18-16-29(17-19-30)15-5-8-21-6-2-1-3-7-21/h1-10,12,14,20,27,31H,11,13,15-19H2/b8-5+. The van der Waals surface area contributed by atoms with Crippen molar-refractivity contribution in [3.05, 3.63) is 101 Å².